The van der Waals surface area contributed by atoms with E-state index in [0.717, 1.165) is 31.6 Å². The number of carbonyl (C=O) groups is 1. The molecule has 4 rings (SSSR count). The van der Waals surface area contributed by atoms with Crippen LogP contribution >= 0.6 is 0 Å². The van der Waals surface area contributed by atoms with E-state index in [2.05, 4.69) is 46.9 Å². The van der Waals surface area contributed by atoms with E-state index in [1.54, 1.807) is 5.57 Å². The van der Waals surface area contributed by atoms with E-state index >= 15 is 0 Å². The molecule has 0 bridgehead atoms. The maximum atomic E-state index is 12.1. The van der Waals surface area contributed by atoms with Crippen LogP contribution in [0.5, 0.6) is 0 Å². The van der Waals surface area contributed by atoms with E-state index < -0.39 is 12.2 Å². The first-order chi connectivity index (χ1) is 16.6. The summed E-state index contributed by atoms with van der Waals surface area (Å²) in [5, 5.41) is 22.7. The van der Waals surface area contributed by atoms with Crippen molar-refractivity contribution in [2.45, 2.75) is 138 Å². The van der Waals surface area contributed by atoms with Crippen LogP contribution in [-0.2, 0) is 4.79 Å². The predicted octanol–water partition coefficient (Wildman–Crippen LogP) is 6.79. The first-order valence-corrected chi connectivity index (χ1v) is 15.0. The Kier molecular flexibility index (Phi) is 7.35. The molecule has 1 amide bonds. The molecule has 0 heterocycles. The van der Waals surface area contributed by atoms with Crippen LogP contribution in [0.2, 0.25) is 0 Å². The zero-order chi connectivity index (χ0) is 26.7. The minimum absolute atomic E-state index is 0.0191. The van der Waals surface area contributed by atoms with Gasteiger partial charge in [0.05, 0.1) is 5.60 Å². The van der Waals surface area contributed by atoms with Gasteiger partial charge in [-0.3, -0.25) is 4.79 Å². The Morgan fingerprint density at radius 2 is 1.72 bits per heavy atom. The Bertz CT molecular complexity index is 884. The number of hydrogen-bond donors (Lipinski definition) is 3. The van der Waals surface area contributed by atoms with Gasteiger partial charge < -0.3 is 15.5 Å². The van der Waals surface area contributed by atoms with E-state index in [9.17, 15) is 15.0 Å². The van der Waals surface area contributed by atoms with Crippen LogP contribution in [0, 0.1) is 39.4 Å². The summed E-state index contributed by atoms with van der Waals surface area (Å²) in [6.07, 6.45) is 13.0. The van der Waals surface area contributed by atoms with Gasteiger partial charge in [0.2, 0.25) is 5.91 Å². The Balaban J connectivity index is 1.58. The third kappa shape index (κ3) is 4.40. The Labute approximate surface area is 221 Å². The summed E-state index contributed by atoms with van der Waals surface area (Å²) in [5.74, 6) is 1.80. The molecular formula is C32H55NO3. The highest BCUT2D eigenvalue weighted by Gasteiger charge is 2.63. The van der Waals surface area contributed by atoms with Crippen molar-refractivity contribution in [2.75, 3.05) is 6.61 Å². The van der Waals surface area contributed by atoms with Crippen molar-refractivity contribution in [3.63, 3.8) is 0 Å². The number of carbonyl (C=O) groups excluding carboxylic acids is 1. The Hall–Kier alpha value is -0.870. The van der Waals surface area contributed by atoms with E-state index in [1.807, 2.05) is 19.4 Å². The largest absolute Gasteiger partial charge is 0.390 e. The summed E-state index contributed by atoms with van der Waals surface area (Å²) in [6.45, 7) is 18.5. The summed E-state index contributed by atoms with van der Waals surface area (Å²) in [4.78, 5) is 12.1. The van der Waals surface area contributed by atoms with Gasteiger partial charge in [0.15, 0.2) is 0 Å². The summed E-state index contributed by atoms with van der Waals surface area (Å²) in [5.41, 5.74) is 3.95. The van der Waals surface area contributed by atoms with Crippen molar-refractivity contribution in [3.05, 3.63) is 11.1 Å². The molecule has 4 aliphatic carbocycles. The maximum Gasteiger partial charge on any atom is 0.245 e. The predicted molar refractivity (Wildman–Crippen MR) is 147 cm³/mol. The van der Waals surface area contributed by atoms with Gasteiger partial charge in [-0.1, -0.05) is 65.5 Å². The minimum atomic E-state index is -0.555. The minimum Gasteiger partial charge on any atom is -0.390 e. The zero-order valence-electron chi connectivity index (χ0n) is 24.6. The highest BCUT2D eigenvalue weighted by Crippen LogP contribution is 2.72. The van der Waals surface area contributed by atoms with Gasteiger partial charge in [-0.05, 0) is 111 Å². The van der Waals surface area contributed by atoms with Gasteiger partial charge in [0, 0.05) is 6.04 Å². The normalized spacial score (nSPS) is 40.8. The molecule has 2 fully saturated rings. The number of nitrogens with one attached hydrogen (secondary N) is 1. The monoisotopic (exact) mass is 501 g/mol. The van der Waals surface area contributed by atoms with E-state index in [-0.39, 0.29) is 22.8 Å². The number of fused-ring (bicyclic) bond motifs is 4. The van der Waals surface area contributed by atoms with Crippen LogP contribution in [0.1, 0.15) is 126 Å². The lowest BCUT2D eigenvalue weighted by Gasteiger charge is -2.62. The lowest BCUT2D eigenvalue weighted by Crippen LogP contribution is -2.59. The van der Waals surface area contributed by atoms with Gasteiger partial charge in [0.1, 0.15) is 6.61 Å². The van der Waals surface area contributed by atoms with Gasteiger partial charge in [-0.2, -0.15) is 0 Å². The van der Waals surface area contributed by atoms with Crippen LogP contribution in [0.15, 0.2) is 11.1 Å². The van der Waals surface area contributed by atoms with Crippen molar-refractivity contribution in [3.8, 4) is 0 Å². The first kappa shape index (κ1) is 28.1. The fraction of sp³-hybridized carbons (Fsp3) is 0.906. The summed E-state index contributed by atoms with van der Waals surface area (Å²) in [7, 11) is 0. The fourth-order valence-corrected chi connectivity index (χ4v) is 10.2. The Morgan fingerprint density at radius 1 is 1.03 bits per heavy atom. The van der Waals surface area contributed by atoms with E-state index in [0.29, 0.717) is 22.7 Å². The molecule has 3 N–H and O–H groups in total. The first-order valence-electron chi connectivity index (χ1n) is 15.0. The Morgan fingerprint density at radius 3 is 2.36 bits per heavy atom. The number of amides is 1. The van der Waals surface area contributed by atoms with Crippen molar-refractivity contribution >= 4 is 5.91 Å². The maximum absolute atomic E-state index is 12.1. The SMILES string of the molecule is C[C@H](CCCC(C)(C)O)[C@H]1CC[C@@]2(C)C3=C(CC[C@]12C)[C@@]1(C)CCC(NC(=O)CO)C(C)(C)[C@@H]1CC3. The fourth-order valence-electron chi connectivity index (χ4n) is 10.2. The highest BCUT2D eigenvalue weighted by molar-refractivity contribution is 5.77. The van der Waals surface area contributed by atoms with Crippen molar-refractivity contribution in [1.82, 2.24) is 5.32 Å². The highest BCUT2D eigenvalue weighted by atomic mass is 16.3. The summed E-state index contributed by atoms with van der Waals surface area (Å²) < 4.78 is 0. The molecule has 0 aliphatic heterocycles. The molecule has 0 spiro atoms. The quantitative estimate of drug-likeness (QED) is 0.336. The standard InChI is InChI=1S/C32H55NO3/c1-21(10-9-16-28(2,3)36)22-13-18-32(8)24-11-12-25-29(4,5)26(33-27(35)20-34)15-17-30(25,6)23(24)14-19-31(22,32)7/h21-22,25-26,34,36H,9-20H2,1-8H3,(H,33,35)/t21-,22-,25+,26?,30-,31-,32+/m1/s1. The van der Waals surface area contributed by atoms with Gasteiger partial charge in [-0.25, -0.2) is 0 Å². The molecular weight excluding hydrogens is 446 g/mol. The molecule has 206 valence electrons. The molecule has 2 saturated carbocycles. The number of rotatable bonds is 7. The lowest BCUT2D eigenvalue weighted by molar-refractivity contribution is -0.127. The molecule has 4 heteroatoms. The van der Waals surface area contributed by atoms with Crippen molar-refractivity contribution < 1.29 is 15.0 Å². The third-order valence-corrected chi connectivity index (χ3v) is 12.5. The second-order valence-corrected chi connectivity index (χ2v) is 15.2. The zero-order valence-corrected chi connectivity index (χ0v) is 24.6. The average molecular weight is 502 g/mol. The third-order valence-electron chi connectivity index (χ3n) is 12.5. The molecule has 4 nitrogen and oxygen atoms in total. The van der Waals surface area contributed by atoms with Crippen LogP contribution in [0.3, 0.4) is 0 Å². The van der Waals surface area contributed by atoms with Gasteiger partial charge in [0.25, 0.3) is 0 Å². The molecule has 36 heavy (non-hydrogen) atoms. The number of aliphatic hydroxyl groups is 2. The van der Waals surface area contributed by atoms with Crippen LogP contribution in [0.25, 0.3) is 0 Å². The van der Waals surface area contributed by atoms with Crippen molar-refractivity contribution in [1.29, 1.82) is 0 Å². The average Bonchev–Trinajstić information content (AvgIpc) is 3.06. The molecule has 4 aliphatic rings. The second-order valence-electron chi connectivity index (χ2n) is 15.2. The van der Waals surface area contributed by atoms with Crippen LogP contribution in [-0.4, -0.2) is 34.4 Å². The van der Waals surface area contributed by atoms with Crippen LogP contribution in [0.4, 0.5) is 0 Å². The summed E-state index contributed by atoms with van der Waals surface area (Å²) in [6, 6.07) is 0.141. The molecule has 0 aromatic heterocycles. The number of aliphatic hydroxyl groups excluding tert-OH is 1. The molecule has 0 aromatic rings. The molecule has 0 radical (unpaired) electrons. The lowest BCUT2D eigenvalue weighted by atomic mass is 9.43. The summed E-state index contributed by atoms with van der Waals surface area (Å²) >= 11 is 0. The number of allylic oxidation sites excluding steroid dienone is 2. The van der Waals surface area contributed by atoms with E-state index in [1.165, 1.54) is 44.9 Å². The van der Waals surface area contributed by atoms with E-state index in [4.69, 9.17) is 0 Å². The molecule has 1 unspecified atom stereocenters. The smallest absolute Gasteiger partial charge is 0.245 e. The van der Waals surface area contributed by atoms with Crippen LogP contribution < -0.4 is 5.32 Å². The molecule has 7 atom stereocenters. The van der Waals surface area contributed by atoms with Gasteiger partial charge >= 0.3 is 0 Å². The van der Waals surface area contributed by atoms with Crippen molar-refractivity contribution in [2.24, 2.45) is 39.4 Å². The second kappa shape index (κ2) is 9.40. The molecule has 0 aromatic carbocycles. The molecule has 0 saturated heterocycles. The number of hydrogen-bond acceptors (Lipinski definition) is 3. The topological polar surface area (TPSA) is 69.6 Å². The van der Waals surface area contributed by atoms with Gasteiger partial charge in [-0.15, -0.1) is 0 Å².